The van der Waals surface area contributed by atoms with Crippen molar-refractivity contribution in [3.8, 4) is 0 Å². The molecule has 1 amide bonds. The van der Waals surface area contributed by atoms with Crippen molar-refractivity contribution in [2.45, 2.75) is 6.92 Å². The fourth-order valence-corrected chi connectivity index (χ4v) is 1.04. The summed E-state index contributed by atoms with van der Waals surface area (Å²) in [5.41, 5.74) is 1.26. The fraction of sp³-hybridized carbons (Fsp3) is 0.273. The summed E-state index contributed by atoms with van der Waals surface area (Å²) in [5.74, 6) is 0.00907. The smallest absolute Gasteiger partial charge is 0.253 e. The molecule has 2 heteroatoms. The summed E-state index contributed by atoms with van der Waals surface area (Å²) in [4.78, 5) is 13.2. The van der Waals surface area contributed by atoms with E-state index in [4.69, 9.17) is 6.92 Å². The van der Waals surface area contributed by atoms with Crippen molar-refractivity contribution in [1.29, 1.82) is 0 Å². The lowest BCUT2D eigenvalue weighted by Crippen LogP contribution is -2.26. The van der Waals surface area contributed by atoms with Gasteiger partial charge in [0.25, 0.3) is 5.91 Å². The lowest BCUT2D eigenvalue weighted by Gasteiger charge is -2.14. The SMILES string of the molecule is [CH]c1cccc(C(=O)N(C)CC)c1. The van der Waals surface area contributed by atoms with Crippen LogP contribution >= 0.6 is 0 Å². The van der Waals surface area contributed by atoms with Gasteiger partial charge in [0.2, 0.25) is 0 Å². The van der Waals surface area contributed by atoms with Gasteiger partial charge in [0.15, 0.2) is 0 Å². The third kappa shape index (κ3) is 2.31. The van der Waals surface area contributed by atoms with E-state index in [0.29, 0.717) is 17.7 Å². The number of nitrogens with zero attached hydrogens (tertiary/aromatic N) is 1. The number of carbonyl (C=O) groups is 1. The van der Waals surface area contributed by atoms with Crippen molar-refractivity contribution in [1.82, 2.24) is 4.90 Å². The molecule has 0 atom stereocenters. The van der Waals surface area contributed by atoms with Gasteiger partial charge in [0, 0.05) is 19.2 Å². The van der Waals surface area contributed by atoms with Crippen molar-refractivity contribution in [3.63, 3.8) is 0 Å². The molecule has 0 aliphatic carbocycles. The van der Waals surface area contributed by atoms with Gasteiger partial charge in [0.1, 0.15) is 0 Å². The predicted molar refractivity (Wildman–Crippen MR) is 52.5 cm³/mol. The number of hydrogen-bond donors (Lipinski definition) is 0. The lowest BCUT2D eigenvalue weighted by atomic mass is 10.1. The van der Waals surface area contributed by atoms with Gasteiger partial charge in [-0.05, 0) is 31.5 Å². The second kappa shape index (κ2) is 4.08. The highest BCUT2D eigenvalue weighted by atomic mass is 16.2. The van der Waals surface area contributed by atoms with Crippen LogP contribution in [0, 0.1) is 6.92 Å². The number of carbonyl (C=O) groups excluding carboxylic acids is 1. The molecule has 13 heavy (non-hydrogen) atoms. The first-order valence-electron chi connectivity index (χ1n) is 4.26. The highest BCUT2D eigenvalue weighted by Gasteiger charge is 2.08. The summed E-state index contributed by atoms with van der Waals surface area (Å²) in [6.07, 6.45) is 0. The van der Waals surface area contributed by atoms with E-state index in [1.165, 1.54) is 0 Å². The van der Waals surface area contributed by atoms with Crippen LogP contribution in [-0.4, -0.2) is 24.4 Å². The first-order chi connectivity index (χ1) is 6.15. The average Bonchev–Trinajstić information content (AvgIpc) is 2.15. The Kier molecular flexibility index (Phi) is 3.07. The summed E-state index contributed by atoms with van der Waals surface area (Å²) >= 11 is 0. The van der Waals surface area contributed by atoms with Crippen molar-refractivity contribution in [2.24, 2.45) is 0 Å². The van der Waals surface area contributed by atoms with Gasteiger partial charge in [-0.3, -0.25) is 4.79 Å². The van der Waals surface area contributed by atoms with Crippen LogP contribution in [0.4, 0.5) is 0 Å². The van der Waals surface area contributed by atoms with Gasteiger partial charge >= 0.3 is 0 Å². The maximum absolute atomic E-state index is 11.6. The molecule has 0 unspecified atom stereocenters. The standard InChI is InChI=1S/C11H13NO/c1-4-12(3)11(13)10-7-5-6-9(2)8-10/h2,5-8H,4H2,1,3H3. The minimum atomic E-state index is 0.00907. The highest BCUT2D eigenvalue weighted by Crippen LogP contribution is 2.06. The van der Waals surface area contributed by atoms with Gasteiger partial charge < -0.3 is 4.90 Å². The van der Waals surface area contributed by atoms with Crippen molar-refractivity contribution in [2.75, 3.05) is 13.6 Å². The molecule has 1 rings (SSSR count). The zero-order valence-corrected chi connectivity index (χ0v) is 7.95. The van der Waals surface area contributed by atoms with E-state index in [0.717, 1.165) is 0 Å². The number of amides is 1. The molecule has 0 aliphatic heterocycles. The molecule has 0 spiro atoms. The normalized spacial score (nSPS) is 9.77. The molecule has 2 radical (unpaired) electrons. The Morgan fingerprint density at radius 1 is 1.54 bits per heavy atom. The average molecular weight is 175 g/mol. The molecule has 0 aliphatic rings. The van der Waals surface area contributed by atoms with Crippen LogP contribution in [0.2, 0.25) is 0 Å². The Morgan fingerprint density at radius 2 is 2.23 bits per heavy atom. The first kappa shape index (κ1) is 9.78. The van der Waals surface area contributed by atoms with E-state index >= 15 is 0 Å². The number of hydrogen-bond acceptors (Lipinski definition) is 1. The van der Waals surface area contributed by atoms with Crippen LogP contribution in [-0.2, 0) is 0 Å². The number of benzene rings is 1. The first-order valence-corrected chi connectivity index (χ1v) is 4.26. The molecule has 0 saturated carbocycles. The Balaban J connectivity index is 2.89. The minimum absolute atomic E-state index is 0.00907. The zero-order valence-electron chi connectivity index (χ0n) is 7.95. The quantitative estimate of drug-likeness (QED) is 0.671. The maximum Gasteiger partial charge on any atom is 0.253 e. The Labute approximate surface area is 79.2 Å². The van der Waals surface area contributed by atoms with E-state index in [1.54, 1.807) is 36.2 Å². The molecule has 2 nitrogen and oxygen atoms in total. The van der Waals surface area contributed by atoms with Gasteiger partial charge in [-0.15, -0.1) is 0 Å². The molecule has 0 bridgehead atoms. The van der Waals surface area contributed by atoms with Crippen LogP contribution in [0.15, 0.2) is 24.3 Å². The third-order valence-corrected chi connectivity index (χ3v) is 1.95. The second-order valence-corrected chi connectivity index (χ2v) is 2.94. The van der Waals surface area contributed by atoms with Crippen LogP contribution in [0.5, 0.6) is 0 Å². The zero-order chi connectivity index (χ0) is 9.84. The summed E-state index contributed by atoms with van der Waals surface area (Å²) in [7, 11) is 1.77. The molecule has 0 aromatic heterocycles. The van der Waals surface area contributed by atoms with E-state index in [-0.39, 0.29) is 5.91 Å². The third-order valence-electron chi connectivity index (χ3n) is 1.95. The molecule has 0 saturated heterocycles. The molecular formula is C11H13NO. The summed E-state index contributed by atoms with van der Waals surface area (Å²) < 4.78 is 0. The van der Waals surface area contributed by atoms with Gasteiger partial charge in [-0.1, -0.05) is 12.1 Å². The second-order valence-electron chi connectivity index (χ2n) is 2.94. The number of rotatable bonds is 2. The van der Waals surface area contributed by atoms with E-state index in [1.807, 2.05) is 6.92 Å². The summed E-state index contributed by atoms with van der Waals surface area (Å²) in [6, 6.07) is 7.01. The summed E-state index contributed by atoms with van der Waals surface area (Å²) in [5, 5.41) is 0. The van der Waals surface area contributed by atoms with Crippen molar-refractivity contribution < 1.29 is 4.79 Å². The van der Waals surface area contributed by atoms with E-state index < -0.39 is 0 Å². The Hall–Kier alpha value is -1.31. The molecule has 68 valence electrons. The van der Waals surface area contributed by atoms with Crippen molar-refractivity contribution >= 4 is 5.91 Å². The van der Waals surface area contributed by atoms with E-state index in [9.17, 15) is 4.79 Å². The molecule has 1 aromatic rings. The summed E-state index contributed by atoms with van der Waals surface area (Å²) in [6.45, 7) is 8.20. The van der Waals surface area contributed by atoms with Gasteiger partial charge in [-0.25, -0.2) is 0 Å². The Morgan fingerprint density at radius 3 is 2.77 bits per heavy atom. The van der Waals surface area contributed by atoms with Crippen LogP contribution in [0.1, 0.15) is 22.8 Å². The van der Waals surface area contributed by atoms with E-state index in [2.05, 4.69) is 0 Å². The molecule has 0 heterocycles. The van der Waals surface area contributed by atoms with Crippen LogP contribution in [0.3, 0.4) is 0 Å². The van der Waals surface area contributed by atoms with Gasteiger partial charge in [-0.2, -0.15) is 0 Å². The highest BCUT2D eigenvalue weighted by molar-refractivity contribution is 5.94. The fourth-order valence-electron chi connectivity index (χ4n) is 1.04. The maximum atomic E-state index is 11.6. The monoisotopic (exact) mass is 175 g/mol. The molecule has 0 fully saturated rings. The van der Waals surface area contributed by atoms with Crippen LogP contribution < -0.4 is 0 Å². The predicted octanol–water partition coefficient (Wildman–Crippen LogP) is 1.84. The topological polar surface area (TPSA) is 20.3 Å². The lowest BCUT2D eigenvalue weighted by molar-refractivity contribution is 0.0802. The Bertz CT molecular complexity index is 307. The minimum Gasteiger partial charge on any atom is -0.342 e. The molecule has 1 aromatic carbocycles. The van der Waals surface area contributed by atoms with Crippen LogP contribution in [0.25, 0.3) is 0 Å². The van der Waals surface area contributed by atoms with Gasteiger partial charge in [0.05, 0.1) is 0 Å². The molecular weight excluding hydrogens is 162 g/mol. The molecule has 0 N–H and O–H groups in total. The largest absolute Gasteiger partial charge is 0.342 e. The van der Waals surface area contributed by atoms with Crippen molar-refractivity contribution in [3.05, 3.63) is 42.3 Å².